The molecule has 31 heavy (non-hydrogen) atoms. The molecule has 1 aliphatic carbocycles. The highest BCUT2D eigenvalue weighted by Crippen LogP contribution is 2.40. The molecule has 1 fully saturated rings. The summed E-state index contributed by atoms with van der Waals surface area (Å²) in [6.07, 6.45) is 7.02. The van der Waals surface area contributed by atoms with Crippen LogP contribution < -0.4 is 4.57 Å². The van der Waals surface area contributed by atoms with E-state index < -0.39 is 5.95 Å². The van der Waals surface area contributed by atoms with Crippen LogP contribution in [-0.2, 0) is 7.05 Å². The molecular formula is C26H23FN3O+. The number of nitrogens with zero attached hydrogens (tertiary/aromatic N) is 3. The van der Waals surface area contributed by atoms with Crippen molar-refractivity contribution < 1.29 is 13.4 Å². The molecule has 0 radical (unpaired) electrons. The van der Waals surface area contributed by atoms with Gasteiger partial charge in [-0.1, -0.05) is 31.0 Å². The molecule has 0 spiro atoms. The van der Waals surface area contributed by atoms with Crippen molar-refractivity contribution in [3.63, 3.8) is 0 Å². The molecule has 4 nitrogen and oxygen atoms in total. The van der Waals surface area contributed by atoms with Gasteiger partial charge < -0.3 is 4.42 Å². The third-order valence-electron chi connectivity index (χ3n) is 6.74. The van der Waals surface area contributed by atoms with E-state index in [1.807, 2.05) is 24.0 Å². The van der Waals surface area contributed by atoms with Gasteiger partial charge in [0.25, 0.3) is 6.33 Å². The van der Waals surface area contributed by atoms with Crippen molar-refractivity contribution in [3.05, 3.63) is 65.9 Å². The molecule has 1 saturated carbocycles. The van der Waals surface area contributed by atoms with E-state index in [4.69, 9.17) is 9.40 Å². The van der Waals surface area contributed by atoms with Crippen LogP contribution in [0, 0.1) is 12.9 Å². The van der Waals surface area contributed by atoms with Gasteiger partial charge in [0.15, 0.2) is 5.52 Å². The Morgan fingerprint density at radius 2 is 1.77 bits per heavy atom. The first-order valence-corrected chi connectivity index (χ1v) is 10.9. The fraction of sp³-hybridized carbons (Fsp3) is 0.269. The lowest BCUT2D eigenvalue weighted by atomic mass is 9.94. The molecule has 0 saturated heterocycles. The molecule has 0 amide bonds. The number of hydrogen-bond acceptors (Lipinski definition) is 3. The highest BCUT2D eigenvalue weighted by Gasteiger charge is 2.24. The Morgan fingerprint density at radius 3 is 2.61 bits per heavy atom. The van der Waals surface area contributed by atoms with Crippen LogP contribution in [0.25, 0.3) is 44.2 Å². The topological polar surface area (TPSA) is 42.8 Å². The van der Waals surface area contributed by atoms with E-state index >= 15 is 0 Å². The molecule has 154 valence electrons. The summed E-state index contributed by atoms with van der Waals surface area (Å²) in [6.45, 7) is 2.08. The van der Waals surface area contributed by atoms with Gasteiger partial charge >= 0.3 is 0 Å². The first kappa shape index (κ1) is 18.4. The van der Waals surface area contributed by atoms with E-state index in [2.05, 4.69) is 36.2 Å². The van der Waals surface area contributed by atoms with Crippen molar-refractivity contribution in [1.82, 2.24) is 9.97 Å². The number of benzene rings is 2. The van der Waals surface area contributed by atoms with E-state index in [0.717, 1.165) is 44.1 Å². The predicted octanol–water partition coefficient (Wildman–Crippen LogP) is 6.13. The Balaban J connectivity index is 1.64. The molecule has 3 heterocycles. The standard InChI is InChI=1S/C26H23FN3O/c1-15-7-9-18-19-11-12-22(27)29-26(19)31-25(18)23(15)24-20-10-8-17(16-5-3-4-6-16)13-21(20)28-14-30(24)2/h7-14,16H,3-6H2,1-2H3/q+1. The summed E-state index contributed by atoms with van der Waals surface area (Å²) < 4.78 is 21.9. The highest BCUT2D eigenvalue weighted by atomic mass is 19.1. The van der Waals surface area contributed by atoms with Crippen LogP contribution in [-0.4, -0.2) is 9.97 Å². The third-order valence-corrected chi connectivity index (χ3v) is 6.74. The molecule has 5 heteroatoms. The number of halogens is 1. The minimum absolute atomic E-state index is 0.325. The van der Waals surface area contributed by atoms with Crippen molar-refractivity contribution in [2.75, 3.05) is 0 Å². The van der Waals surface area contributed by atoms with Crippen LogP contribution in [0.3, 0.4) is 0 Å². The zero-order valence-corrected chi connectivity index (χ0v) is 17.7. The lowest BCUT2D eigenvalue weighted by Crippen LogP contribution is -2.32. The van der Waals surface area contributed by atoms with Gasteiger partial charge in [0.05, 0.1) is 18.0 Å². The quantitative estimate of drug-likeness (QED) is 0.259. The maximum atomic E-state index is 13.7. The highest BCUT2D eigenvalue weighted by molar-refractivity contribution is 6.10. The summed E-state index contributed by atoms with van der Waals surface area (Å²) in [5.74, 6) is 0.106. The smallest absolute Gasteiger partial charge is 0.287 e. The third kappa shape index (κ3) is 2.83. The van der Waals surface area contributed by atoms with Crippen LogP contribution in [0.1, 0.15) is 42.7 Å². The molecule has 6 rings (SSSR count). The number of aromatic nitrogens is 3. The van der Waals surface area contributed by atoms with Gasteiger partial charge in [0, 0.05) is 10.8 Å². The fourth-order valence-corrected chi connectivity index (χ4v) is 5.17. The number of hydrogen-bond donors (Lipinski definition) is 0. The van der Waals surface area contributed by atoms with Gasteiger partial charge in [-0.25, -0.2) is 4.57 Å². The zero-order valence-electron chi connectivity index (χ0n) is 17.7. The maximum absolute atomic E-state index is 13.7. The lowest BCUT2D eigenvalue weighted by molar-refractivity contribution is -0.662. The van der Waals surface area contributed by atoms with E-state index in [0.29, 0.717) is 11.6 Å². The number of fused-ring (bicyclic) bond motifs is 4. The molecule has 0 unspecified atom stereocenters. The van der Waals surface area contributed by atoms with Crippen molar-refractivity contribution in [3.8, 4) is 11.3 Å². The van der Waals surface area contributed by atoms with Crippen molar-refractivity contribution in [1.29, 1.82) is 0 Å². The van der Waals surface area contributed by atoms with E-state index in [9.17, 15) is 4.39 Å². The number of pyridine rings is 1. The Morgan fingerprint density at radius 1 is 1.00 bits per heavy atom. The summed E-state index contributed by atoms with van der Waals surface area (Å²) >= 11 is 0. The molecule has 1 aliphatic rings. The summed E-state index contributed by atoms with van der Waals surface area (Å²) in [5.41, 5.74) is 6.58. The predicted molar refractivity (Wildman–Crippen MR) is 119 cm³/mol. The Labute approximate surface area is 179 Å². The van der Waals surface area contributed by atoms with Crippen LogP contribution >= 0.6 is 0 Å². The average Bonchev–Trinajstić information content (AvgIpc) is 3.42. The van der Waals surface area contributed by atoms with Gasteiger partial charge in [-0.15, -0.1) is 0 Å². The van der Waals surface area contributed by atoms with Crippen LogP contribution in [0.5, 0.6) is 0 Å². The maximum Gasteiger partial charge on any atom is 0.287 e. The monoisotopic (exact) mass is 412 g/mol. The minimum atomic E-state index is -0.538. The van der Waals surface area contributed by atoms with E-state index in [1.54, 1.807) is 6.07 Å². The molecular weight excluding hydrogens is 389 g/mol. The first-order chi connectivity index (χ1) is 15.1. The first-order valence-electron chi connectivity index (χ1n) is 10.9. The van der Waals surface area contributed by atoms with E-state index in [-0.39, 0.29) is 0 Å². The second kappa shape index (κ2) is 6.84. The number of aryl methyl sites for hydroxylation is 2. The van der Waals surface area contributed by atoms with Gasteiger partial charge in [-0.05, 0) is 66.1 Å². The number of rotatable bonds is 2. The van der Waals surface area contributed by atoms with Crippen LogP contribution in [0.15, 0.2) is 53.2 Å². The van der Waals surface area contributed by atoms with Gasteiger partial charge in [0.1, 0.15) is 11.3 Å². The van der Waals surface area contributed by atoms with Crippen molar-refractivity contribution in [2.45, 2.75) is 38.5 Å². The molecule has 0 aliphatic heterocycles. The van der Waals surface area contributed by atoms with Gasteiger partial charge in [-0.2, -0.15) is 9.37 Å². The molecule has 5 aromatic rings. The molecule has 0 bridgehead atoms. The summed E-state index contributed by atoms with van der Waals surface area (Å²) in [4.78, 5) is 8.70. The zero-order chi connectivity index (χ0) is 21.1. The van der Waals surface area contributed by atoms with Crippen LogP contribution in [0.2, 0.25) is 0 Å². The van der Waals surface area contributed by atoms with Crippen molar-refractivity contribution in [2.24, 2.45) is 7.05 Å². The second-order valence-corrected chi connectivity index (χ2v) is 8.68. The summed E-state index contributed by atoms with van der Waals surface area (Å²) in [5, 5.41) is 2.85. The largest absolute Gasteiger partial charge is 0.437 e. The van der Waals surface area contributed by atoms with Gasteiger partial charge in [-0.3, -0.25) is 0 Å². The molecule has 0 N–H and O–H groups in total. The Hall–Kier alpha value is -3.34. The minimum Gasteiger partial charge on any atom is -0.437 e. The Bertz CT molecular complexity index is 1480. The molecule has 3 aromatic heterocycles. The fourth-order valence-electron chi connectivity index (χ4n) is 5.17. The normalized spacial score (nSPS) is 14.9. The lowest BCUT2D eigenvalue weighted by Gasteiger charge is -2.12. The number of furan rings is 1. The summed E-state index contributed by atoms with van der Waals surface area (Å²) in [7, 11) is 2.01. The van der Waals surface area contributed by atoms with Crippen LogP contribution in [0.4, 0.5) is 4.39 Å². The SMILES string of the molecule is Cc1ccc2c(oc3nc(F)ccc32)c1-c1c2ccc(C3CCCC3)cc2nc[n+]1C. The van der Waals surface area contributed by atoms with E-state index in [1.165, 1.54) is 37.3 Å². The summed E-state index contributed by atoms with van der Waals surface area (Å²) in [6, 6.07) is 13.9. The molecule has 0 atom stereocenters. The van der Waals surface area contributed by atoms with Crippen molar-refractivity contribution >= 4 is 33.0 Å². The molecule has 2 aromatic carbocycles. The van der Waals surface area contributed by atoms with Gasteiger partial charge in [0.2, 0.25) is 11.7 Å². The second-order valence-electron chi connectivity index (χ2n) is 8.68. The average molecular weight is 412 g/mol. The Kier molecular flexibility index (Phi) is 4.07.